The number of hydrogen-bond acceptors (Lipinski definition) is 3. The minimum atomic E-state index is -2.93. The number of aliphatic hydroxyl groups is 1. The second kappa shape index (κ2) is 10.3. The largest absolute Gasteiger partial charge is 0.502 e. The first-order chi connectivity index (χ1) is 15.5. The van der Waals surface area contributed by atoms with Crippen LogP contribution < -0.4 is 14.6 Å². The molecule has 0 bridgehead atoms. The van der Waals surface area contributed by atoms with E-state index in [-0.39, 0.29) is 21.9 Å². The highest BCUT2D eigenvalue weighted by Gasteiger charge is 2.25. The van der Waals surface area contributed by atoms with Crippen LogP contribution in [0.15, 0.2) is 73.1 Å². The number of pyridine rings is 1. The van der Waals surface area contributed by atoms with E-state index >= 15 is 0 Å². The fourth-order valence-corrected chi connectivity index (χ4v) is 3.52. The average Bonchev–Trinajstić information content (AvgIpc) is 2.75. The predicted molar refractivity (Wildman–Crippen MR) is 132 cm³/mol. The molecule has 1 aromatic heterocycles. The van der Waals surface area contributed by atoms with Crippen LogP contribution in [-0.4, -0.2) is 16.7 Å². The van der Waals surface area contributed by atoms with Crippen LogP contribution in [0, 0.1) is 0 Å². The van der Waals surface area contributed by atoms with E-state index in [1.165, 1.54) is 24.3 Å². The minimum absolute atomic E-state index is 0.00727. The van der Waals surface area contributed by atoms with Crippen LogP contribution in [0.3, 0.4) is 0 Å². The van der Waals surface area contributed by atoms with Crippen molar-refractivity contribution in [2.24, 2.45) is 0 Å². The maximum atomic E-state index is 12.5. The van der Waals surface area contributed by atoms with Gasteiger partial charge in [-0.3, -0.25) is 0 Å². The Morgan fingerprint density at radius 3 is 2.09 bits per heavy atom. The molecular weight excluding hydrogens is 466 g/mol. The number of anilines is 1. The Hall–Kier alpha value is -3.03. The van der Waals surface area contributed by atoms with Crippen LogP contribution in [0.5, 0.6) is 5.75 Å². The van der Waals surface area contributed by atoms with E-state index in [0.717, 1.165) is 5.56 Å². The lowest BCUT2D eigenvalue weighted by atomic mass is 9.88. The van der Waals surface area contributed by atoms with Gasteiger partial charge in [0.15, 0.2) is 23.1 Å². The molecule has 0 atom stereocenters. The zero-order chi connectivity index (χ0) is 24.2. The van der Waals surface area contributed by atoms with Gasteiger partial charge in [-0.25, -0.2) is 0 Å². The number of thiocarbonyl (C=S) groups is 1. The smallest absolute Gasteiger partial charge is 0.387 e. The molecule has 172 valence electrons. The molecule has 0 amide bonds. The molecule has 0 saturated heterocycles. The van der Waals surface area contributed by atoms with Gasteiger partial charge in [0.2, 0.25) is 0 Å². The Morgan fingerprint density at radius 2 is 1.58 bits per heavy atom. The summed E-state index contributed by atoms with van der Waals surface area (Å²) in [7, 11) is 0. The number of aliphatic hydroxyl groups excluding tert-OH is 1. The topological polar surface area (TPSA) is 45.4 Å². The van der Waals surface area contributed by atoms with Gasteiger partial charge in [0.05, 0.1) is 0 Å². The molecule has 1 heterocycles. The molecule has 0 aliphatic rings. The van der Waals surface area contributed by atoms with E-state index < -0.39 is 6.61 Å². The number of alkyl halides is 2. The summed E-state index contributed by atoms with van der Waals surface area (Å²) in [6.45, 7) is 3.40. The van der Waals surface area contributed by atoms with Gasteiger partial charge in [-0.2, -0.15) is 13.3 Å². The molecule has 2 aromatic carbocycles. The van der Waals surface area contributed by atoms with Crippen LogP contribution in [-0.2, 0) is 5.41 Å². The average molecular weight is 490 g/mol. The van der Waals surface area contributed by atoms with Crippen molar-refractivity contribution in [1.29, 1.82) is 0 Å². The Kier molecular flexibility index (Phi) is 7.66. The van der Waals surface area contributed by atoms with Crippen molar-refractivity contribution in [1.82, 2.24) is 0 Å². The van der Waals surface area contributed by atoms with Crippen molar-refractivity contribution in [3.8, 4) is 5.75 Å². The Balaban J connectivity index is 2.03. The van der Waals surface area contributed by atoms with Gasteiger partial charge >= 0.3 is 6.61 Å². The number of rotatable bonds is 6. The second-order valence-corrected chi connectivity index (χ2v) is 9.15. The van der Waals surface area contributed by atoms with E-state index in [0.29, 0.717) is 22.0 Å². The maximum Gasteiger partial charge on any atom is 0.387 e. The third-order valence-electron chi connectivity index (χ3n) is 4.85. The van der Waals surface area contributed by atoms with Crippen LogP contribution in [0.4, 0.5) is 14.5 Å². The monoisotopic (exact) mass is 489 g/mol. The summed E-state index contributed by atoms with van der Waals surface area (Å²) in [5, 5.41) is 14.8. The fourth-order valence-electron chi connectivity index (χ4n) is 3.08. The molecule has 33 heavy (non-hydrogen) atoms. The second-order valence-electron chi connectivity index (χ2n) is 8.31. The number of halogens is 3. The molecule has 2 N–H and O–H groups in total. The molecule has 3 rings (SSSR count). The van der Waals surface area contributed by atoms with Crippen molar-refractivity contribution in [3.63, 3.8) is 0 Å². The molecule has 0 saturated carbocycles. The van der Waals surface area contributed by atoms with Gasteiger partial charge in [0.1, 0.15) is 5.75 Å². The van der Waals surface area contributed by atoms with Crippen molar-refractivity contribution in [2.75, 3.05) is 5.32 Å². The van der Waals surface area contributed by atoms with Crippen LogP contribution >= 0.6 is 23.8 Å². The Bertz CT molecular complexity index is 1140. The van der Waals surface area contributed by atoms with Gasteiger partial charge < -0.3 is 15.2 Å². The lowest BCUT2D eigenvalue weighted by Crippen LogP contribution is -2.39. The normalized spacial score (nSPS) is 12.3. The highest BCUT2D eigenvalue weighted by atomic mass is 35.5. The molecule has 0 aliphatic heterocycles. The zero-order valence-electron chi connectivity index (χ0n) is 18.4. The quantitative estimate of drug-likeness (QED) is 0.172. The van der Waals surface area contributed by atoms with Crippen molar-refractivity contribution in [3.05, 3.63) is 89.2 Å². The SMILES string of the molecule is CC(C)(C)c1cc[n+](C(C(=S)Nc2ccc(Cl)cc2)=C(O)c2ccc(OC(F)F)cc2)cc1. The van der Waals surface area contributed by atoms with Gasteiger partial charge in [-0.05, 0) is 59.5 Å². The highest BCUT2D eigenvalue weighted by molar-refractivity contribution is 7.81. The first kappa shape index (κ1) is 24.6. The third kappa shape index (κ3) is 6.49. The summed E-state index contributed by atoms with van der Waals surface area (Å²) in [5.41, 5.74) is 2.47. The van der Waals surface area contributed by atoms with E-state index in [9.17, 15) is 13.9 Å². The summed E-state index contributed by atoms with van der Waals surface area (Å²) in [6, 6.07) is 16.6. The van der Waals surface area contributed by atoms with Gasteiger partial charge in [-0.1, -0.05) is 44.6 Å². The molecular formula is C25H24ClF2N2O2S+. The molecule has 0 spiro atoms. The maximum absolute atomic E-state index is 12.5. The lowest BCUT2D eigenvalue weighted by molar-refractivity contribution is -0.575. The Morgan fingerprint density at radius 1 is 1.00 bits per heavy atom. The molecule has 8 heteroatoms. The van der Waals surface area contributed by atoms with E-state index in [4.69, 9.17) is 23.8 Å². The summed E-state index contributed by atoms with van der Waals surface area (Å²) < 4.78 is 31.0. The van der Waals surface area contributed by atoms with Crippen molar-refractivity contribution >= 4 is 46.0 Å². The van der Waals surface area contributed by atoms with Crippen LogP contribution in [0.2, 0.25) is 5.02 Å². The Labute approximate surface area is 202 Å². The summed E-state index contributed by atoms with van der Waals surface area (Å²) in [4.78, 5) is 0.260. The summed E-state index contributed by atoms with van der Waals surface area (Å²) in [6.07, 6.45) is 3.63. The first-order valence-electron chi connectivity index (χ1n) is 10.1. The standard InChI is InChI=1S/C25H23ClF2N2O2S/c1-25(2,3)17-12-14-30(15-13-17)21(23(33)29-19-8-6-18(26)7-9-19)22(31)16-4-10-20(11-5-16)32-24(27)28/h4-15,24H,1-3H3,(H-,29,31,33)/p+1. The molecule has 0 aliphatic carbocycles. The number of ether oxygens (including phenoxy) is 1. The van der Waals surface area contributed by atoms with E-state index in [1.807, 2.05) is 24.5 Å². The molecule has 4 nitrogen and oxygen atoms in total. The molecule has 3 aromatic rings. The molecule has 0 fully saturated rings. The van der Waals surface area contributed by atoms with Gasteiger partial charge in [0, 0.05) is 28.4 Å². The summed E-state index contributed by atoms with van der Waals surface area (Å²) in [5.74, 6) is -0.134. The van der Waals surface area contributed by atoms with Crippen LogP contribution in [0.1, 0.15) is 31.9 Å². The fraction of sp³-hybridized carbons (Fsp3) is 0.200. The van der Waals surface area contributed by atoms with Crippen molar-refractivity contribution in [2.45, 2.75) is 32.8 Å². The van der Waals surface area contributed by atoms with E-state index in [2.05, 4.69) is 30.8 Å². The van der Waals surface area contributed by atoms with Gasteiger partial charge in [0.25, 0.3) is 5.70 Å². The van der Waals surface area contributed by atoms with Crippen molar-refractivity contribution < 1.29 is 23.2 Å². The third-order valence-corrected chi connectivity index (χ3v) is 5.40. The van der Waals surface area contributed by atoms with E-state index in [1.54, 1.807) is 28.8 Å². The number of nitrogens with one attached hydrogen (secondary N) is 1. The predicted octanol–water partition coefficient (Wildman–Crippen LogP) is 6.85. The zero-order valence-corrected chi connectivity index (χ0v) is 19.9. The number of nitrogens with zero attached hydrogens (tertiary/aromatic N) is 1. The molecule has 0 unspecified atom stereocenters. The molecule has 0 radical (unpaired) electrons. The first-order valence-corrected chi connectivity index (χ1v) is 10.9. The number of aromatic nitrogens is 1. The highest BCUT2D eigenvalue weighted by Crippen LogP contribution is 2.24. The van der Waals surface area contributed by atoms with Gasteiger partial charge in [-0.15, -0.1) is 0 Å². The minimum Gasteiger partial charge on any atom is -0.502 e. The summed E-state index contributed by atoms with van der Waals surface area (Å²) >= 11 is 11.6. The number of hydrogen-bond donors (Lipinski definition) is 2. The number of benzene rings is 2. The van der Waals surface area contributed by atoms with Crippen LogP contribution in [0.25, 0.3) is 11.5 Å². The lowest BCUT2D eigenvalue weighted by Gasteiger charge is -2.18.